The minimum atomic E-state index is 0.485. The van der Waals surface area contributed by atoms with Gasteiger partial charge in [-0.25, -0.2) is 0 Å². The first-order valence-corrected chi connectivity index (χ1v) is 6.48. The molecule has 1 aliphatic carbocycles. The average Bonchev–Trinajstić information content (AvgIpc) is 2.01. The maximum absolute atomic E-state index is 3.55. The van der Waals surface area contributed by atoms with Gasteiger partial charge in [0.15, 0.2) is 0 Å². The molecule has 0 radical (unpaired) electrons. The van der Waals surface area contributed by atoms with Crippen molar-refractivity contribution >= 4 is 11.8 Å². The first kappa shape index (κ1) is 11.3. The van der Waals surface area contributed by atoms with Crippen molar-refractivity contribution in [1.82, 2.24) is 10.2 Å². The van der Waals surface area contributed by atoms with Crippen molar-refractivity contribution in [3.8, 4) is 0 Å². The Labute approximate surface area is 86.5 Å². The number of nitrogens with one attached hydrogen (secondary N) is 1. The molecule has 0 aromatic heterocycles. The molecule has 0 heterocycles. The van der Waals surface area contributed by atoms with Crippen LogP contribution in [0.4, 0.5) is 0 Å². The van der Waals surface area contributed by atoms with Crippen LogP contribution in [0, 0.1) is 0 Å². The molecule has 1 rings (SSSR count). The summed E-state index contributed by atoms with van der Waals surface area (Å²) in [6, 6.07) is 0. The van der Waals surface area contributed by atoms with Gasteiger partial charge in [0.25, 0.3) is 0 Å². The number of hydrogen-bond donors (Lipinski definition) is 1. The lowest BCUT2D eigenvalue weighted by atomic mass is 9.75. The van der Waals surface area contributed by atoms with E-state index in [1.807, 2.05) is 11.8 Å². The molecule has 0 unspecified atom stereocenters. The summed E-state index contributed by atoms with van der Waals surface area (Å²) in [6.07, 6.45) is 6.30. The molecule has 1 N–H and O–H groups in total. The average molecular weight is 202 g/mol. The highest BCUT2D eigenvalue weighted by Gasteiger charge is 2.38. The normalized spacial score (nSPS) is 20.3. The van der Waals surface area contributed by atoms with Gasteiger partial charge in [0.2, 0.25) is 0 Å². The largest absolute Gasteiger partial charge is 0.314 e. The number of thioether (sulfide) groups is 1. The lowest BCUT2D eigenvalue weighted by Gasteiger charge is -2.47. The van der Waals surface area contributed by atoms with Crippen molar-refractivity contribution in [3.05, 3.63) is 0 Å². The van der Waals surface area contributed by atoms with E-state index in [0.717, 1.165) is 6.54 Å². The van der Waals surface area contributed by atoms with Crippen molar-refractivity contribution in [2.24, 2.45) is 0 Å². The Morgan fingerprint density at radius 2 is 2.08 bits per heavy atom. The van der Waals surface area contributed by atoms with E-state index in [0.29, 0.717) is 5.54 Å². The molecule has 0 spiro atoms. The molecule has 3 heteroatoms. The van der Waals surface area contributed by atoms with Crippen LogP contribution in [0.25, 0.3) is 0 Å². The topological polar surface area (TPSA) is 15.3 Å². The van der Waals surface area contributed by atoms with Crippen molar-refractivity contribution in [2.45, 2.75) is 24.8 Å². The SMILES string of the molecule is CSCCNCC1(N(C)C)CCC1. The van der Waals surface area contributed by atoms with Crippen LogP contribution in [0.5, 0.6) is 0 Å². The number of hydrogen-bond acceptors (Lipinski definition) is 3. The van der Waals surface area contributed by atoms with Crippen LogP contribution in [0.3, 0.4) is 0 Å². The van der Waals surface area contributed by atoms with Gasteiger partial charge in [0.1, 0.15) is 0 Å². The van der Waals surface area contributed by atoms with Crippen LogP contribution in [0.2, 0.25) is 0 Å². The van der Waals surface area contributed by atoms with Crippen molar-refractivity contribution in [1.29, 1.82) is 0 Å². The van der Waals surface area contributed by atoms with E-state index < -0.39 is 0 Å². The fraction of sp³-hybridized carbons (Fsp3) is 1.00. The fourth-order valence-corrected chi connectivity index (χ4v) is 2.21. The van der Waals surface area contributed by atoms with E-state index in [2.05, 4.69) is 30.6 Å². The summed E-state index contributed by atoms with van der Waals surface area (Å²) in [6.45, 7) is 2.32. The van der Waals surface area contributed by atoms with Crippen LogP contribution in [0.15, 0.2) is 0 Å². The van der Waals surface area contributed by atoms with Gasteiger partial charge in [-0.05, 0) is 39.6 Å². The van der Waals surface area contributed by atoms with Crippen LogP contribution in [-0.2, 0) is 0 Å². The lowest BCUT2D eigenvalue weighted by Crippen LogP contribution is -2.56. The molecular formula is C10H22N2S. The molecule has 0 atom stereocenters. The maximum Gasteiger partial charge on any atom is 0.0327 e. The van der Waals surface area contributed by atoms with Gasteiger partial charge < -0.3 is 10.2 Å². The second-order valence-corrected chi connectivity index (χ2v) is 5.13. The summed E-state index contributed by atoms with van der Waals surface area (Å²) in [5.74, 6) is 1.23. The van der Waals surface area contributed by atoms with Crippen LogP contribution in [-0.4, -0.2) is 49.6 Å². The molecule has 0 saturated heterocycles. The Bertz CT molecular complexity index is 144. The zero-order valence-electron chi connectivity index (χ0n) is 9.10. The standard InChI is InChI=1S/C10H22N2S/c1-12(2)10(5-4-6-10)9-11-7-8-13-3/h11H,4-9H2,1-3H3. The van der Waals surface area contributed by atoms with E-state index >= 15 is 0 Å². The third-order valence-corrected chi connectivity index (χ3v) is 3.78. The molecule has 0 aromatic carbocycles. The van der Waals surface area contributed by atoms with E-state index in [9.17, 15) is 0 Å². The Kier molecular flexibility index (Phi) is 4.56. The summed E-state index contributed by atoms with van der Waals surface area (Å²) < 4.78 is 0. The highest BCUT2D eigenvalue weighted by Crippen LogP contribution is 2.35. The van der Waals surface area contributed by atoms with E-state index in [-0.39, 0.29) is 0 Å². The molecule has 0 aromatic rings. The molecule has 1 saturated carbocycles. The van der Waals surface area contributed by atoms with E-state index in [1.54, 1.807) is 0 Å². The zero-order valence-corrected chi connectivity index (χ0v) is 9.91. The number of rotatable bonds is 6. The highest BCUT2D eigenvalue weighted by atomic mass is 32.2. The minimum absolute atomic E-state index is 0.485. The first-order valence-electron chi connectivity index (χ1n) is 5.08. The Hall–Kier alpha value is 0.270. The lowest BCUT2D eigenvalue weighted by molar-refractivity contribution is 0.0608. The third-order valence-electron chi connectivity index (χ3n) is 3.17. The third kappa shape index (κ3) is 2.86. The summed E-state index contributed by atoms with van der Waals surface area (Å²) >= 11 is 1.91. The Morgan fingerprint density at radius 1 is 1.38 bits per heavy atom. The minimum Gasteiger partial charge on any atom is -0.314 e. The number of likely N-dealkylation sites (N-methyl/N-ethyl adjacent to an activating group) is 1. The maximum atomic E-state index is 3.55. The predicted octanol–water partition coefficient (Wildman–Crippen LogP) is 1.42. The van der Waals surface area contributed by atoms with Gasteiger partial charge in [-0.3, -0.25) is 0 Å². The van der Waals surface area contributed by atoms with Crippen LogP contribution in [0.1, 0.15) is 19.3 Å². The van der Waals surface area contributed by atoms with Crippen molar-refractivity contribution < 1.29 is 0 Å². The molecular weight excluding hydrogens is 180 g/mol. The molecule has 0 amide bonds. The molecule has 0 bridgehead atoms. The fourth-order valence-electron chi connectivity index (χ4n) is 1.86. The molecule has 1 fully saturated rings. The molecule has 1 aliphatic rings. The smallest absolute Gasteiger partial charge is 0.0327 e. The van der Waals surface area contributed by atoms with Crippen molar-refractivity contribution in [3.63, 3.8) is 0 Å². The van der Waals surface area contributed by atoms with Gasteiger partial charge in [-0.15, -0.1) is 0 Å². The second-order valence-electron chi connectivity index (χ2n) is 4.14. The molecule has 78 valence electrons. The van der Waals surface area contributed by atoms with Crippen LogP contribution < -0.4 is 5.32 Å². The van der Waals surface area contributed by atoms with Crippen LogP contribution >= 0.6 is 11.8 Å². The zero-order chi connectivity index (χ0) is 9.73. The summed E-state index contributed by atoms with van der Waals surface area (Å²) in [7, 11) is 4.41. The number of nitrogens with zero attached hydrogens (tertiary/aromatic N) is 1. The predicted molar refractivity (Wildman–Crippen MR) is 61.5 cm³/mol. The highest BCUT2D eigenvalue weighted by molar-refractivity contribution is 7.98. The Balaban J connectivity index is 2.17. The molecule has 2 nitrogen and oxygen atoms in total. The summed E-state index contributed by atoms with van der Waals surface area (Å²) in [5, 5.41) is 3.55. The summed E-state index contributed by atoms with van der Waals surface area (Å²) in [5.41, 5.74) is 0.485. The van der Waals surface area contributed by atoms with Crippen molar-refractivity contribution in [2.75, 3.05) is 39.2 Å². The Morgan fingerprint density at radius 3 is 2.46 bits per heavy atom. The quantitative estimate of drug-likeness (QED) is 0.656. The monoisotopic (exact) mass is 202 g/mol. The van der Waals surface area contributed by atoms with E-state index in [4.69, 9.17) is 0 Å². The molecule has 0 aliphatic heterocycles. The van der Waals surface area contributed by atoms with E-state index in [1.165, 1.54) is 31.6 Å². The van der Waals surface area contributed by atoms with Gasteiger partial charge in [-0.1, -0.05) is 0 Å². The summed E-state index contributed by atoms with van der Waals surface area (Å²) in [4.78, 5) is 2.39. The van der Waals surface area contributed by atoms with Gasteiger partial charge >= 0.3 is 0 Å². The van der Waals surface area contributed by atoms with Gasteiger partial charge in [0, 0.05) is 24.4 Å². The second kappa shape index (κ2) is 5.23. The molecule has 13 heavy (non-hydrogen) atoms. The van der Waals surface area contributed by atoms with Gasteiger partial charge in [0.05, 0.1) is 0 Å². The van der Waals surface area contributed by atoms with Gasteiger partial charge in [-0.2, -0.15) is 11.8 Å². The first-order chi connectivity index (χ1) is 6.21.